The Morgan fingerprint density at radius 2 is 1.00 bits per heavy atom. The Kier molecular flexibility index (Phi) is 28.5. The van der Waals surface area contributed by atoms with E-state index in [-0.39, 0.29) is 12.8 Å². The minimum atomic E-state index is -4.59. The summed E-state index contributed by atoms with van der Waals surface area (Å²) >= 11 is 0. The van der Waals surface area contributed by atoms with Crippen LogP contribution in [0.1, 0.15) is 142 Å². The van der Waals surface area contributed by atoms with Gasteiger partial charge in [-0.25, -0.2) is 4.57 Å². The van der Waals surface area contributed by atoms with Gasteiger partial charge < -0.3 is 24.6 Å². The van der Waals surface area contributed by atoms with E-state index in [1.165, 1.54) is 83.5 Å². The standard InChI is InChI=1S/C32H61O10P/c1-3-5-6-7-8-9-10-11-12-13-14-15-16-17-18-19-20-21-22-24-32(36)42-30(26-34)28-40-43(37,38)39-27-29(25-33)41-31(35)23-4-2/h11-12,29-30,33-34H,3-10,13-28H2,1-2H3,(H,37,38)/b12-11-. The molecule has 0 rings (SSSR count). The molecule has 0 fully saturated rings. The molecule has 0 amide bonds. The Balaban J connectivity index is 3.79. The van der Waals surface area contributed by atoms with Crippen LogP contribution in [0.2, 0.25) is 0 Å². The maximum absolute atomic E-state index is 12.1. The molecule has 11 heteroatoms. The van der Waals surface area contributed by atoms with Crippen LogP contribution in [0.3, 0.4) is 0 Å². The van der Waals surface area contributed by atoms with Crippen LogP contribution in [-0.4, -0.2) is 65.7 Å². The number of rotatable bonds is 31. The highest BCUT2D eigenvalue weighted by atomic mass is 31.2. The third kappa shape index (κ3) is 28.0. The number of phosphoric ester groups is 1. The Bertz CT molecular complexity index is 746. The fourth-order valence-corrected chi connectivity index (χ4v) is 5.16. The molecular formula is C32H61O10P. The van der Waals surface area contributed by atoms with Gasteiger partial charge in [-0.05, 0) is 38.5 Å². The van der Waals surface area contributed by atoms with Crippen molar-refractivity contribution in [3.05, 3.63) is 12.2 Å². The van der Waals surface area contributed by atoms with Gasteiger partial charge in [0.05, 0.1) is 26.4 Å². The molecule has 0 aromatic rings. The molecule has 10 nitrogen and oxygen atoms in total. The third-order valence-corrected chi connectivity index (χ3v) is 7.90. The number of carbonyl (C=O) groups is 2. The van der Waals surface area contributed by atoms with Gasteiger partial charge in [0, 0.05) is 12.8 Å². The summed E-state index contributed by atoms with van der Waals surface area (Å²) in [5.74, 6) is -1.07. The van der Waals surface area contributed by atoms with Crippen molar-refractivity contribution in [1.29, 1.82) is 0 Å². The van der Waals surface area contributed by atoms with E-state index in [2.05, 4.69) is 19.1 Å². The van der Waals surface area contributed by atoms with Crippen molar-refractivity contribution in [3.8, 4) is 0 Å². The maximum Gasteiger partial charge on any atom is 0.472 e. The predicted octanol–water partition coefficient (Wildman–Crippen LogP) is 7.33. The fourth-order valence-electron chi connectivity index (χ4n) is 4.38. The molecule has 0 saturated heterocycles. The van der Waals surface area contributed by atoms with E-state index < -0.39 is 58.4 Å². The summed E-state index contributed by atoms with van der Waals surface area (Å²) in [7, 11) is -4.59. The molecule has 3 atom stereocenters. The van der Waals surface area contributed by atoms with E-state index in [1.807, 2.05) is 0 Å². The second-order valence-electron chi connectivity index (χ2n) is 11.1. The lowest BCUT2D eigenvalue weighted by Crippen LogP contribution is -2.28. The first-order valence-corrected chi connectivity index (χ1v) is 18.1. The molecule has 0 aromatic carbocycles. The number of hydrogen-bond acceptors (Lipinski definition) is 9. The van der Waals surface area contributed by atoms with Crippen LogP contribution in [0.4, 0.5) is 0 Å². The number of ether oxygens (including phenoxy) is 2. The van der Waals surface area contributed by atoms with Gasteiger partial charge in [0.25, 0.3) is 0 Å². The fraction of sp³-hybridized carbons (Fsp3) is 0.875. The Morgan fingerprint density at radius 1 is 0.605 bits per heavy atom. The van der Waals surface area contributed by atoms with Crippen LogP contribution < -0.4 is 0 Å². The van der Waals surface area contributed by atoms with Crippen molar-refractivity contribution >= 4 is 19.8 Å². The molecule has 43 heavy (non-hydrogen) atoms. The molecule has 0 spiro atoms. The Morgan fingerprint density at radius 3 is 1.42 bits per heavy atom. The van der Waals surface area contributed by atoms with Crippen molar-refractivity contribution < 1.29 is 47.8 Å². The highest BCUT2D eigenvalue weighted by Gasteiger charge is 2.27. The molecule has 254 valence electrons. The molecule has 0 saturated carbocycles. The lowest BCUT2D eigenvalue weighted by Gasteiger charge is -2.20. The second-order valence-corrected chi connectivity index (χ2v) is 12.6. The molecule has 3 N–H and O–H groups in total. The zero-order chi connectivity index (χ0) is 32.0. The lowest BCUT2D eigenvalue weighted by atomic mass is 10.1. The van der Waals surface area contributed by atoms with Crippen LogP contribution >= 0.6 is 7.82 Å². The monoisotopic (exact) mass is 636 g/mol. The molecule has 0 aliphatic heterocycles. The van der Waals surface area contributed by atoms with E-state index in [4.69, 9.17) is 18.5 Å². The van der Waals surface area contributed by atoms with Crippen LogP contribution in [0.25, 0.3) is 0 Å². The van der Waals surface area contributed by atoms with E-state index in [0.29, 0.717) is 12.8 Å². The van der Waals surface area contributed by atoms with E-state index in [9.17, 15) is 29.3 Å². The average Bonchev–Trinajstić information content (AvgIpc) is 2.98. The first kappa shape index (κ1) is 41.7. The molecule has 0 aromatic heterocycles. The highest BCUT2D eigenvalue weighted by molar-refractivity contribution is 7.47. The normalized spacial score (nSPS) is 14.4. The topological polar surface area (TPSA) is 149 Å². The van der Waals surface area contributed by atoms with Crippen molar-refractivity contribution in [2.75, 3.05) is 26.4 Å². The minimum absolute atomic E-state index is 0.144. The Labute approximate surface area is 260 Å². The summed E-state index contributed by atoms with van der Waals surface area (Å²) in [6, 6.07) is 0. The molecule has 3 unspecified atom stereocenters. The lowest BCUT2D eigenvalue weighted by molar-refractivity contribution is -0.153. The number of carbonyl (C=O) groups excluding carboxylic acids is 2. The molecule has 0 heterocycles. The first-order valence-electron chi connectivity index (χ1n) is 16.6. The third-order valence-electron chi connectivity index (χ3n) is 6.95. The quantitative estimate of drug-likeness (QED) is 0.0306. The predicted molar refractivity (Wildman–Crippen MR) is 168 cm³/mol. The van der Waals surface area contributed by atoms with Crippen LogP contribution in [-0.2, 0) is 32.7 Å². The summed E-state index contributed by atoms with van der Waals surface area (Å²) in [6.45, 7) is 1.75. The smallest absolute Gasteiger partial charge is 0.457 e. The second kappa shape index (κ2) is 29.4. The van der Waals surface area contributed by atoms with Gasteiger partial charge in [-0.2, -0.15) is 0 Å². The molecular weight excluding hydrogens is 575 g/mol. The zero-order valence-corrected chi connectivity index (χ0v) is 27.8. The summed E-state index contributed by atoms with van der Waals surface area (Å²) < 4.78 is 31.7. The number of phosphoric acid groups is 1. The van der Waals surface area contributed by atoms with Gasteiger partial charge >= 0.3 is 19.8 Å². The Hall–Kier alpha value is -1.29. The van der Waals surface area contributed by atoms with Gasteiger partial charge in [0.15, 0.2) is 0 Å². The van der Waals surface area contributed by atoms with E-state index in [0.717, 1.165) is 19.3 Å². The van der Waals surface area contributed by atoms with Crippen LogP contribution in [0.15, 0.2) is 12.2 Å². The summed E-state index contributed by atoms with van der Waals surface area (Å²) in [5, 5.41) is 18.7. The summed E-state index contributed by atoms with van der Waals surface area (Å²) in [5.41, 5.74) is 0. The first-order chi connectivity index (χ1) is 20.8. The van der Waals surface area contributed by atoms with Gasteiger partial charge in [-0.15, -0.1) is 0 Å². The zero-order valence-electron chi connectivity index (χ0n) is 26.9. The number of esters is 2. The summed E-state index contributed by atoms with van der Waals surface area (Å²) in [6.07, 6.45) is 23.9. The average molecular weight is 637 g/mol. The number of unbranched alkanes of at least 4 members (excludes halogenated alkanes) is 15. The molecule has 0 radical (unpaired) electrons. The van der Waals surface area contributed by atoms with Gasteiger partial charge in [0.1, 0.15) is 12.2 Å². The molecule has 0 bridgehead atoms. The van der Waals surface area contributed by atoms with Gasteiger partial charge in [-0.3, -0.25) is 18.6 Å². The minimum Gasteiger partial charge on any atom is -0.457 e. The van der Waals surface area contributed by atoms with Crippen LogP contribution in [0, 0.1) is 0 Å². The highest BCUT2D eigenvalue weighted by Crippen LogP contribution is 2.43. The summed E-state index contributed by atoms with van der Waals surface area (Å²) in [4.78, 5) is 33.4. The number of aliphatic hydroxyl groups is 2. The molecule has 0 aliphatic rings. The van der Waals surface area contributed by atoms with Gasteiger partial charge in [0.2, 0.25) is 0 Å². The van der Waals surface area contributed by atoms with Crippen LogP contribution in [0.5, 0.6) is 0 Å². The van der Waals surface area contributed by atoms with Crippen molar-refractivity contribution in [2.45, 2.75) is 154 Å². The van der Waals surface area contributed by atoms with Crippen molar-refractivity contribution in [2.24, 2.45) is 0 Å². The number of hydrogen-bond donors (Lipinski definition) is 3. The maximum atomic E-state index is 12.1. The SMILES string of the molecule is CCCCCCCC/C=C\CCCCCCCCCCCC(=O)OC(CO)COP(=O)(O)OCC(CO)OC(=O)CCC. The van der Waals surface area contributed by atoms with E-state index in [1.54, 1.807) is 6.92 Å². The van der Waals surface area contributed by atoms with Crippen molar-refractivity contribution in [3.63, 3.8) is 0 Å². The largest absolute Gasteiger partial charge is 0.472 e. The van der Waals surface area contributed by atoms with E-state index >= 15 is 0 Å². The molecule has 0 aliphatic carbocycles. The van der Waals surface area contributed by atoms with Crippen molar-refractivity contribution in [1.82, 2.24) is 0 Å². The number of aliphatic hydroxyl groups excluding tert-OH is 2. The van der Waals surface area contributed by atoms with Gasteiger partial charge in [-0.1, -0.05) is 103 Å². The number of allylic oxidation sites excluding steroid dienone is 2.